The van der Waals surface area contributed by atoms with Crippen molar-refractivity contribution >= 4 is 34.5 Å². The number of aryl methyl sites for hydroxylation is 1. The summed E-state index contributed by atoms with van der Waals surface area (Å²) in [5.74, 6) is -0.931. The number of rotatable bonds is 4. The molecule has 28 heavy (non-hydrogen) atoms. The minimum Gasteiger partial charge on any atom is -0.364 e. The number of para-hydroxylation sites is 2. The Morgan fingerprint density at radius 1 is 1.07 bits per heavy atom. The van der Waals surface area contributed by atoms with Gasteiger partial charge in [0.25, 0.3) is 11.8 Å². The Hall–Kier alpha value is -3.94. The zero-order valence-electron chi connectivity index (χ0n) is 15.4. The van der Waals surface area contributed by atoms with Gasteiger partial charge in [0.2, 0.25) is 5.95 Å². The molecule has 4 aromatic rings. The van der Waals surface area contributed by atoms with Crippen LogP contribution in [0.15, 0.2) is 48.8 Å². The molecule has 0 bridgehead atoms. The predicted molar refractivity (Wildman–Crippen MR) is 106 cm³/mol. The molecule has 0 spiro atoms. The maximum Gasteiger partial charge on any atom is 0.284 e. The topological polar surface area (TPSA) is 121 Å². The molecule has 0 aliphatic heterocycles. The van der Waals surface area contributed by atoms with E-state index in [1.807, 2.05) is 56.3 Å². The first kappa shape index (κ1) is 17.5. The minimum absolute atomic E-state index is 0.00821. The first-order valence-electron chi connectivity index (χ1n) is 8.66. The van der Waals surface area contributed by atoms with Gasteiger partial charge in [0, 0.05) is 0 Å². The summed E-state index contributed by atoms with van der Waals surface area (Å²) >= 11 is 0. The quantitative estimate of drug-likeness (QED) is 0.508. The second-order valence-electron chi connectivity index (χ2n) is 6.43. The van der Waals surface area contributed by atoms with E-state index in [0.717, 1.165) is 22.2 Å². The SMILES string of the molecule is Cc1cccc(N(C(=O)c2[nH]cnc2C(N)=O)c2nc3ccccc3[nH]2)c1C. The second-order valence-corrected chi connectivity index (χ2v) is 6.43. The molecule has 4 N–H and O–H groups in total. The van der Waals surface area contributed by atoms with E-state index in [1.54, 1.807) is 0 Å². The van der Waals surface area contributed by atoms with Crippen LogP contribution in [0.5, 0.6) is 0 Å². The van der Waals surface area contributed by atoms with E-state index < -0.39 is 11.8 Å². The summed E-state index contributed by atoms with van der Waals surface area (Å²) in [7, 11) is 0. The lowest BCUT2D eigenvalue weighted by Crippen LogP contribution is -2.30. The zero-order valence-corrected chi connectivity index (χ0v) is 15.4. The van der Waals surface area contributed by atoms with Crippen molar-refractivity contribution < 1.29 is 9.59 Å². The number of benzene rings is 2. The third-order valence-electron chi connectivity index (χ3n) is 4.70. The van der Waals surface area contributed by atoms with Gasteiger partial charge in [0.05, 0.1) is 23.0 Å². The van der Waals surface area contributed by atoms with Gasteiger partial charge in [0.1, 0.15) is 5.69 Å². The van der Waals surface area contributed by atoms with Crippen molar-refractivity contribution in [3.63, 3.8) is 0 Å². The number of fused-ring (bicyclic) bond motifs is 1. The molecule has 0 saturated heterocycles. The van der Waals surface area contributed by atoms with E-state index in [1.165, 1.54) is 11.2 Å². The van der Waals surface area contributed by atoms with E-state index >= 15 is 0 Å². The van der Waals surface area contributed by atoms with E-state index in [9.17, 15) is 9.59 Å². The second kappa shape index (κ2) is 6.66. The molecule has 2 aromatic carbocycles. The number of nitrogens with two attached hydrogens (primary N) is 1. The number of hydrogen-bond donors (Lipinski definition) is 3. The van der Waals surface area contributed by atoms with Gasteiger partial charge in [-0.1, -0.05) is 24.3 Å². The fraction of sp³-hybridized carbons (Fsp3) is 0.100. The van der Waals surface area contributed by atoms with Crippen molar-refractivity contribution in [2.45, 2.75) is 13.8 Å². The highest BCUT2D eigenvalue weighted by atomic mass is 16.2. The molecule has 2 aromatic heterocycles. The highest BCUT2D eigenvalue weighted by Crippen LogP contribution is 2.31. The maximum absolute atomic E-state index is 13.5. The number of carbonyl (C=O) groups excluding carboxylic acids is 2. The van der Waals surface area contributed by atoms with Gasteiger partial charge in [-0.05, 0) is 43.2 Å². The van der Waals surface area contributed by atoms with Crippen LogP contribution in [0.4, 0.5) is 11.6 Å². The molecule has 2 heterocycles. The highest BCUT2D eigenvalue weighted by molar-refractivity contribution is 6.14. The van der Waals surface area contributed by atoms with Crippen LogP contribution in [0.3, 0.4) is 0 Å². The minimum atomic E-state index is -0.782. The number of nitrogens with one attached hydrogen (secondary N) is 2. The summed E-state index contributed by atoms with van der Waals surface area (Å²) in [5.41, 5.74) is 9.36. The van der Waals surface area contributed by atoms with Crippen molar-refractivity contribution in [2.24, 2.45) is 5.73 Å². The lowest BCUT2D eigenvalue weighted by atomic mass is 10.1. The third kappa shape index (κ3) is 2.81. The fourth-order valence-electron chi connectivity index (χ4n) is 3.10. The summed E-state index contributed by atoms with van der Waals surface area (Å²) in [5, 5.41) is 0. The van der Waals surface area contributed by atoms with Gasteiger partial charge >= 0.3 is 0 Å². The number of carbonyl (C=O) groups is 2. The van der Waals surface area contributed by atoms with Crippen molar-refractivity contribution in [2.75, 3.05) is 4.90 Å². The smallest absolute Gasteiger partial charge is 0.284 e. The normalized spacial score (nSPS) is 10.9. The van der Waals surface area contributed by atoms with E-state index in [0.29, 0.717) is 11.6 Å². The molecular weight excluding hydrogens is 356 g/mol. The molecule has 0 unspecified atom stereocenters. The molecule has 8 nitrogen and oxygen atoms in total. The zero-order chi connectivity index (χ0) is 19.8. The molecular formula is C20H18N6O2. The number of aromatic nitrogens is 4. The molecule has 0 aliphatic carbocycles. The molecule has 8 heteroatoms. The molecule has 140 valence electrons. The largest absolute Gasteiger partial charge is 0.364 e. The van der Waals surface area contributed by atoms with Crippen LogP contribution in [0.1, 0.15) is 32.1 Å². The summed E-state index contributed by atoms with van der Waals surface area (Å²) in [6.07, 6.45) is 1.27. The predicted octanol–water partition coefficient (Wildman–Crippen LogP) is 2.98. The van der Waals surface area contributed by atoms with Crippen LogP contribution in [0, 0.1) is 13.8 Å². The van der Waals surface area contributed by atoms with Crippen molar-refractivity contribution in [3.05, 3.63) is 71.3 Å². The molecule has 0 aliphatic rings. The number of anilines is 2. The van der Waals surface area contributed by atoms with E-state index in [2.05, 4.69) is 19.9 Å². The fourth-order valence-corrected chi connectivity index (χ4v) is 3.10. The number of amides is 2. The number of aromatic amines is 2. The van der Waals surface area contributed by atoms with Gasteiger partial charge in [-0.3, -0.25) is 9.59 Å². The van der Waals surface area contributed by atoms with Gasteiger partial charge in [0.15, 0.2) is 5.69 Å². The number of hydrogen-bond acceptors (Lipinski definition) is 4. The van der Waals surface area contributed by atoms with Crippen LogP contribution in [-0.2, 0) is 0 Å². The first-order valence-corrected chi connectivity index (χ1v) is 8.66. The van der Waals surface area contributed by atoms with Crippen molar-refractivity contribution in [1.29, 1.82) is 0 Å². The Kier molecular flexibility index (Phi) is 4.15. The van der Waals surface area contributed by atoms with Crippen LogP contribution >= 0.6 is 0 Å². The van der Waals surface area contributed by atoms with Crippen LogP contribution in [0.2, 0.25) is 0 Å². The molecule has 2 amide bonds. The van der Waals surface area contributed by atoms with Crippen LogP contribution < -0.4 is 10.6 Å². The monoisotopic (exact) mass is 374 g/mol. The van der Waals surface area contributed by atoms with Crippen LogP contribution in [-0.4, -0.2) is 31.8 Å². The first-order chi connectivity index (χ1) is 13.5. The number of primary amides is 1. The Morgan fingerprint density at radius 2 is 1.86 bits per heavy atom. The number of nitrogens with zero attached hydrogens (tertiary/aromatic N) is 3. The maximum atomic E-state index is 13.5. The molecule has 4 rings (SSSR count). The van der Waals surface area contributed by atoms with Gasteiger partial charge in [-0.15, -0.1) is 0 Å². The summed E-state index contributed by atoms with van der Waals surface area (Å²) in [6, 6.07) is 13.1. The molecule has 0 radical (unpaired) electrons. The Labute approximate surface area is 160 Å². The standard InChI is InChI=1S/C20H18N6O2/c1-11-6-5-9-15(12(11)2)26(19(28)17-16(18(21)27)22-10-23-17)20-24-13-7-3-4-8-14(13)25-20/h3-10H,1-2H3,(H2,21,27)(H,22,23)(H,24,25). The summed E-state index contributed by atoms with van der Waals surface area (Å²) < 4.78 is 0. The summed E-state index contributed by atoms with van der Waals surface area (Å²) in [4.78, 5) is 40.9. The lowest BCUT2D eigenvalue weighted by molar-refractivity contribution is 0.0961. The van der Waals surface area contributed by atoms with E-state index in [-0.39, 0.29) is 11.4 Å². The Morgan fingerprint density at radius 3 is 2.61 bits per heavy atom. The average Bonchev–Trinajstić information content (AvgIpc) is 3.32. The van der Waals surface area contributed by atoms with Crippen molar-refractivity contribution in [1.82, 2.24) is 19.9 Å². The van der Waals surface area contributed by atoms with E-state index in [4.69, 9.17) is 5.73 Å². The van der Waals surface area contributed by atoms with Gasteiger partial charge in [-0.25, -0.2) is 14.9 Å². The number of imidazole rings is 2. The number of H-pyrrole nitrogens is 2. The van der Waals surface area contributed by atoms with Gasteiger partial charge < -0.3 is 15.7 Å². The highest BCUT2D eigenvalue weighted by Gasteiger charge is 2.29. The Bertz CT molecular complexity index is 1170. The molecule has 0 atom stereocenters. The molecule has 0 fully saturated rings. The lowest BCUT2D eigenvalue weighted by Gasteiger charge is -2.22. The van der Waals surface area contributed by atoms with Gasteiger partial charge in [-0.2, -0.15) is 0 Å². The summed E-state index contributed by atoms with van der Waals surface area (Å²) in [6.45, 7) is 3.89. The van der Waals surface area contributed by atoms with Crippen LogP contribution in [0.25, 0.3) is 11.0 Å². The van der Waals surface area contributed by atoms with Crippen molar-refractivity contribution in [3.8, 4) is 0 Å². The average molecular weight is 374 g/mol. The Balaban J connectivity index is 1.93. The molecule has 0 saturated carbocycles. The third-order valence-corrected chi connectivity index (χ3v) is 4.70.